The van der Waals surface area contributed by atoms with Gasteiger partial charge in [-0.25, -0.2) is 4.39 Å². The third-order valence-electron chi connectivity index (χ3n) is 10.1. The highest BCUT2D eigenvalue weighted by atomic mass is 19.1. The molecular formula is C35H53FO7. The van der Waals surface area contributed by atoms with Crippen LogP contribution in [0.5, 0.6) is 0 Å². The number of cyclic esters (lactones) is 1. The van der Waals surface area contributed by atoms with E-state index < -0.39 is 53.7 Å². The highest BCUT2D eigenvalue weighted by Gasteiger charge is 2.59. The predicted molar refractivity (Wildman–Crippen MR) is 164 cm³/mol. The summed E-state index contributed by atoms with van der Waals surface area (Å²) in [6.45, 7) is 15.7. The van der Waals surface area contributed by atoms with Gasteiger partial charge in [0.2, 0.25) is 0 Å². The van der Waals surface area contributed by atoms with Gasteiger partial charge in [-0.15, -0.1) is 0 Å². The fraction of sp³-hybridized carbons (Fsp3) is 0.743. The van der Waals surface area contributed by atoms with E-state index in [0.717, 1.165) is 12.8 Å². The first kappa shape index (κ1) is 34.0. The molecule has 43 heavy (non-hydrogen) atoms. The largest absolute Gasteiger partial charge is 0.462 e. The van der Waals surface area contributed by atoms with Crippen LogP contribution in [0.2, 0.25) is 0 Å². The topological polar surface area (TPSA) is 94.5 Å². The van der Waals surface area contributed by atoms with E-state index in [9.17, 15) is 15.0 Å². The van der Waals surface area contributed by atoms with E-state index in [2.05, 4.69) is 20.8 Å². The summed E-state index contributed by atoms with van der Waals surface area (Å²) in [6.07, 6.45) is 7.80. The molecular weight excluding hydrogens is 551 g/mol. The monoisotopic (exact) mass is 604 g/mol. The van der Waals surface area contributed by atoms with Crippen molar-refractivity contribution in [2.45, 2.75) is 136 Å². The maximum absolute atomic E-state index is 15.4. The van der Waals surface area contributed by atoms with Gasteiger partial charge >= 0.3 is 5.97 Å². The Labute approximate surface area is 257 Å². The zero-order valence-electron chi connectivity index (χ0n) is 27.2. The van der Waals surface area contributed by atoms with Crippen LogP contribution in [0.25, 0.3) is 0 Å². The van der Waals surface area contributed by atoms with Gasteiger partial charge in [-0.2, -0.15) is 0 Å². The Bertz CT molecular complexity index is 1130. The van der Waals surface area contributed by atoms with E-state index in [1.807, 2.05) is 19.9 Å². The molecule has 8 heteroatoms. The molecule has 7 nitrogen and oxygen atoms in total. The Balaban J connectivity index is 1.73. The van der Waals surface area contributed by atoms with Crippen molar-refractivity contribution >= 4 is 5.97 Å². The van der Waals surface area contributed by atoms with Crippen LogP contribution in [-0.4, -0.2) is 70.9 Å². The first-order valence-corrected chi connectivity index (χ1v) is 16.2. The molecule has 0 bridgehead atoms. The maximum atomic E-state index is 15.4. The average molecular weight is 605 g/mol. The van der Waals surface area contributed by atoms with Crippen molar-refractivity contribution in [3.8, 4) is 0 Å². The zero-order chi connectivity index (χ0) is 31.7. The Morgan fingerprint density at radius 2 is 1.84 bits per heavy atom. The van der Waals surface area contributed by atoms with Gasteiger partial charge in [0, 0.05) is 18.8 Å². The molecule has 3 aliphatic heterocycles. The van der Waals surface area contributed by atoms with Crippen molar-refractivity contribution in [3.63, 3.8) is 0 Å². The predicted octanol–water partition coefficient (Wildman–Crippen LogP) is 6.14. The summed E-state index contributed by atoms with van der Waals surface area (Å²) in [7, 11) is 0. The van der Waals surface area contributed by atoms with Crippen LogP contribution in [-0.2, 0) is 23.7 Å². The SMILES string of the molecule is CCC(C)[C@H]1O[C@]2(CC[C@@H]1C)C[C@H](C)OC(=O)[C@@H]1C=C(C)[C@@H](O)[C@H]3OC/C(=C\C=C\[C@H](C)[C@H](F)/C(C)=C/C[C@H](C)O2)[C@]31O. The molecule has 1 spiro atoms. The van der Waals surface area contributed by atoms with E-state index in [-0.39, 0.29) is 18.8 Å². The second-order valence-electron chi connectivity index (χ2n) is 13.7. The van der Waals surface area contributed by atoms with Crippen LogP contribution < -0.4 is 0 Å². The number of aliphatic hydroxyl groups is 2. The maximum Gasteiger partial charge on any atom is 0.316 e. The van der Waals surface area contributed by atoms with Crippen LogP contribution in [0.4, 0.5) is 4.39 Å². The standard InChI is InChI=1S/C35H53FO7/c1-9-20(2)31-23(5)15-16-34(43-31)18-26(8)41-33(38)28-17-24(6)30(37)32-35(28,39)27(19-40-32)12-10-11-21(3)29(36)22(4)13-14-25(7)42-34/h10-13,17,20-21,23,25-26,28-32,37,39H,9,14-16,18-19H2,1-8H3/b11-10+,22-13+,27-12+/t20?,21-,23-,25-,26-,28-,29-,30+,31+,32+,34+,35+/m0/s1. The molecule has 3 heterocycles. The summed E-state index contributed by atoms with van der Waals surface area (Å²) in [5, 5.41) is 22.9. The van der Waals surface area contributed by atoms with E-state index >= 15 is 4.39 Å². The normalized spacial score (nSPS) is 47.1. The number of carbonyl (C=O) groups is 1. The molecule has 2 fully saturated rings. The minimum atomic E-state index is -1.80. The summed E-state index contributed by atoms with van der Waals surface area (Å²) < 4.78 is 40.9. The Hall–Kier alpha value is -1.84. The van der Waals surface area contributed by atoms with Crippen molar-refractivity contribution in [1.82, 2.24) is 0 Å². The van der Waals surface area contributed by atoms with E-state index in [1.165, 1.54) is 0 Å². The summed E-state index contributed by atoms with van der Waals surface area (Å²) in [5.41, 5.74) is -0.195. The van der Waals surface area contributed by atoms with Gasteiger partial charge in [0.15, 0.2) is 5.79 Å². The molecule has 12 atom stereocenters. The van der Waals surface area contributed by atoms with Crippen molar-refractivity contribution < 1.29 is 38.3 Å². The molecule has 0 aromatic heterocycles. The Morgan fingerprint density at radius 1 is 1.12 bits per heavy atom. The van der Waals surface area contributed by atoms with E-state index in [0.29, 0.717) is 47.8 Å². The fourth-order valence-corrected chi connectivity index (χ4v) is 7.19. The van der Waals surface area contributed by atoms with Crippen molar-refractivity contribution in [1.29, 1.82) is 0 Å². The van der Waals surface area contributed by atoms with Crippen molar-refractivity contribution in [3.05, 3.63) is 47.1 Å². The van der Waals surface area contributed by atoms with Crippen molar-refractivity contribution in [2.24, 2.45) is 23.7 Å². The van der Waals surface area contributed by atoms with E-state index in [4.69, 9.17) is 18.9 Å². The summed E-state index contributed by atoms with van der Waals surface area (Å²) >= 11 is 0. The van der Waals surface area contributed by atoms with Gasteiger partial charge in [0.25, 0.3) is 0 Å². The first-order chi connectivity index (χ1) is 20.2. The molecule has 2 saturated heterocycles. The number of alkyl halides is 1. The Morgan fingerprint density at radius 3 is 2.53 bits per heavy atom. The van der Waals surface area contributed by atoms with Crippen molar-refractivity contribution in [2.75, 3.05) is 6.61 Å². The lowest BCUT2D eigenvalue weighted by molar-refractivity contribution is -0.320. The molecule has 242 valence electrons. The highest BCUT2D eigenvalue weighted by molar-refractivity contribution is 5.78. The minimum Gasteiger partial charge on any atom is -0.462 e. The smallest absolute Gasteiger partial charge is 0.316 e. The molecule has 0 amide bonds. The zero-order valence-corrected chi connectivity index (χ0v) is 27.2. The average Bonchev–Trinajstić information content (AvgIpc) is 3.30. The minimum absolute atomic E-state index is 0.0120. The van der Waals surface area contributed by atoms with Crippen LogP contribution >= 0.6 is 0 Å². The highest BCUT2D eigenvalue weighted by Crippen LogP contribution is 2.46. The third-order valence-corrected chi connectivity index (χ3v) is 10.1. The van der Waals surface area contributed by atoms with Crippen LogP contribution in [0.3, 0.4) is 0 Å². The molecule has 0 aromatic carbocycles. The number of hydrogen-bond acceptors (Lipinski definition) is 7. The number of aliphatic hydroxyl groups excluding tert-OH is 1. The lowest BCUT2D eigenvalue weighted by Gasteiger charge is -2.47. The van der Waals surface area contributed by atoms with Crippen LogP contribution in [0, 0.1) is 23.7 Å². The number of allylic oxidation sites excluding steroid dienone is 4. The van der Waals surface area contributed by atoms with Gasteiger partial charge in [-0.05, 0) is 69.1 Å². The molecule has 0 aromatic rings. The number of rotatable bonds is 2. The molecule has 4 rings (SSSR count). The second-order valence-corrected chi connectivity index (χ2v) is 13.7. The molecule has 0 saturated carbocycles. The quantitative estimate of drug-likeness (QED) is 0.289. The summed E-state index contributed by atoms with van der Waals surface area (Å²) in [5.74, 6) is -2.42. The molecule has 2 N–H and O–H groups in total. The first-order valence-electron chi connectivity index (χ1n) is 16.2. The van der Waals surface area contributed by atoms with Gasteiger partial charge in [-0.1, -0.05) is 64.5 Å². The van der Waals surface area contributed by atoms with Crippen LogP contribution in [0.1, 0.15) is 87.5 Å². The molecule has 1 unspecified atom stereocenters. The summed E-state index contributed by atoms with van der Waals surface area (Å²) in [6, 6.07) is 0. The second kappa shape index (κ2) is 13.7. The Kier molecular flexibility index (Phi) is 10.8. The lowest BCUT2D eigenvalue weighted by Crippen LogP contribution is -2.57. The molecule has 0 radical (unpaired) electrons. The van der Waals surface area contributed by atoms with Gasteiger partial charge in [-0.3, -0.25) is 4.79 Å². The number of ether oxygens (including phenoxy) is 4. The van der Waals surface area contributed by atoms with E-state index in [1.54, 1.807) is 45.1 Å². The molecule has 4 aliphatic rings. The van der Waals surface area contributed by atoms with Crippen LogP contribution in [0.15, 0.2) is 47.1 Å². The number of esters is 1. The fourth-order valence-electron chi connectivity index (χ4n) is 7.19. The number of halogens is 1. The summed E-state index contributed by atoms with van der Waals surface area (Å²) in [4.78, 5) is 13.8. The van der Waals surface area contributed by atoms with Gasteiger partial charge in [0.05, 0.1) is 18.8 Å². The number of hydrogen-bond donors (Lipinski definition) is 2. The van der Waals surface area contributed by atoms with Gasteiger partial charge < -0.3 is 29.2 Å². The molecule has 1 aliphatic carbocycles. The third kappa shape index (κ3) is 7.04. The van der Waals surface area contributed by atoms with Gasteiger partial charge in [0.1, 0.15) is 36.0 Å². The number of carbonyl (C=O) groups excluding carboxylic acids is 1. The lowest BCUT2D eigenvalue weighted by atomic mass is 9.71.